The summed E-state index contributed by atoms with van der Waals surface area (Å²) in [6.45, 7) is 7.34. The fourth-order valence-electron chi connectivity index (χ4n) is 1.45. The molecule has 0 saturated heterocycles. The average molecular weight is 253 g/mol. The van der Waals surface area contributed by atoms with Gasteiger partial charge < -0.3 is 10.1 Å². The van der Waals surface area contributed by atoms with Crippen molar-refractivity contribution in [2.24, 2.45) is 5.41 Å². The van der Waals surface area contributed by atoms with E-state index in [1.165, 1.54) is 13.2 Å². The normalized spacial score (nSPS) is 13.0. The van der Waals surface area contributed by atoms with E-state index in [2.05, 4.69) is 5.32 Å². The molecule has 18 heavy (non-hydrogen) atoms. The van der Waals surface area contributed by atoms with E-state index < -0.39 is 11.2 Å². The number of hydrogen-bond acceptors (Lipinski definition) is 2. The molecule has 1 rings (SSSR count). The van der Waals surface area contributed by atoms with Crippen molar-refractivity contribution in [3.8, 4) is 5.75 Å². The van der Waals surface area contributed by atoms with E-state index in [1.54, 1.807) is 12.1 Å². The second-order valence-corrected chi connectivity index (χ2v) is 5.34. The number of nitrogens with one attached hydrogen (secondary N) is 1. The van der Waals surface area contributed by atoms with Gasteiger partial charge in [0.15, 0.2) is 11.6 Å². The maximum Gasteiger partial charge on any atom is 0.225 e. The Balaban J connectivity index is 2.82. The summed E-state index contributed by atoms with van der Waals surface area (Å²) < 4.78 is 18.4. The number of hydrogen-bond donors (Lipinski definition) is 1. The number of methoxy groups -OCH3 is 1. The molecule has 1 aromatic carbocycles. The second kappa shape index (κ2) is 5.38. The quantitative estimate of drug-likeness (QED) is 0.899. The summed E-state index contributed by atoms with van der Waals surface area (Å²) in [7, 11) is 1.42. The minimum absolute atomic E-state index is 0.0637. The first-order chi connectivity index (χ1) is 8.25. The van der Waals surface area contributed by atoms with Gasteiger partial charge in [-0.1, -0.05) is 26.8 Å². The predicted octanol–water partition coefficient (Wildman–Crippen LogP) is 3.06. The van der Waals surface area contributed by atoms with Crippen LogP contribution in [0.15, 0.2) is 18.2 Å². The summed E-state index contributed by atoms with van der Waals surface area (Å²) in [6.07, 6.45) is 0. The summed E-state index contributed by atoms with van der Waals surface area (Å²) in [6, 6.07) is 4.45. The number of halogens is 1. The standard InChI is InChI=1S/C14H20FNO2/c1-9(16-13(17)14(2,3)4)10-6-7-12(18-5)11(15)8-10/h6-9H,1-5H3,(H,16,17)/t9-/m0/s1. The lowest BCUT2D eigenvalue weighted by Crippen LogP contribution is -2.36. The van der Waals surface area contributed by atoms with Crippen LogP contribution in [-0.2, 0) is 4.79 Å². The second-order valence-electron chi connectivity index (χ2n) is 5.34. The first-order valence-corrected chi connectivity index (χ1v) is 5.90. The summed E-state index contributed by atoms with van der Waals surface area (Å²) in [5, 5.41) is 2.85. The zero-order valence-corrected chi connectivity index (χ0v) is 11.5. The van der Waals surface area contributed by atoms with Crippen LogP contribution in [0.4, 0.5) is 4.39 Å². The van der Waals surface area contributed by atoms with Crippen LogP contribution in [0, 0.1) is 11.2 Å². The van der Waals surface area contributed by atoms with Crippen LogP contribution in [0.25, 0.3) is 0 Å². The molecule has 0 aliphatic heterocycles. The molecule has 0 aliphatic carbocycles. The predicted molar refractivity (Wildman–Crippen MR) is 69.0 cm³/mol. The first kappa shape index (κ1) is 14.5. The number of carbonyl (C=O) groups excluding carboxylic acids is 1. The summed E-state index contributed by atoms with van der Waals surface area (Å²) in [5.41, 5.74) is 0.255. The van der Waals surface area contributed by atoms with E-state index >= 15 is 0 Å². The average Bonchev–Trinajstić information content (AvgIpc) is 2.27. The van der Waals surface area contributed by atoms with Crippen LogP contribution in [0.5, 0.6) is 5.75 Å². The largest absolute Gasteiger partial charge is 0.494 e. The molecule has 1 amide bonds. The molecule has 0 bridgehead atoms. The third-order valence-corrected chi connectivity index (χ3v) is 2.70. The number of carbonyl (C=O) groups is 1. The number of rotatable bonds is 3. The van der Waals surface area contributed by atoms with Crippen molar-refractivity contribution in [2.75, 3.05) is 7.11 Å². The van der Waals surface area contributed by atoms with Crippen molar-refractivity contribution >= 4 is 5.91 Å². The maximum absolute atomic E-state index is 13.5. The Hall–Kier alpha value is -1.58. The highest BCUT2D eigenvalue weighted by Crippen LogP contribution is 2.23. The van der Waals surface area contributed by atoms with Gasteiger partial charge in [0.25, 0.3) is 0 Å². The van der Waals surface area contributed by atoms with Gasteiger partial charge >= 0.3 is 0 Å². The maximum atomic E-state index is 13.5. The van der Waals surface area contributed by atoms with Crippen molar-refractivity contribution < 1.29 is 13.9 Å². The van der Waals surface area contributed by atoms with Crippen LogP contribution in [-0.4, -0.2) is 13.0 Å². The molecule has 1 N–H and O–H groups in total. The molecule has 1 aromatic rings. The smallest absolute Gasteiger partial charge is 0.225 e. The lowest BCUT2D eigenvalue weighted by molar-refractivity contribution is -0.129. The Morgan fingerprint density at radius 1 is 1.39 bits per heavy atom. The van der Waals surface area contributed by atoms with E-state index in [-0.39, 0.29) is 17.7 Å². The van der Waals surface area contributed by atoms with Crippen LogP contribution >= 0.6 is 0 Å². The summed E-state index contributed by atoms with van der Waals surface area (Å²) in [5.74, 6) is -0.286. The van der Waals surface area contributed by atoms with Gasteiger partial charge in [-0.25, -0.2) is 4.39 Å². The molecule has 0 radical (unpaired) electrons. The van der Waals surface area contributed by atoms with Crippen LogP contribution in [0.3, 0.4) is 0 Å². The lowest BCUT2D eigenvalue weighted by Gasteiger charge is -2.22. The van der Waals surface area contributed by atoms with E-state index in [9.17, 15) is 9.18 Å². The Kier molecular flexibility index (Phi) is 4.33. The Morgan fingerprint density at radius 2 is 2.00 bits per heavy atom. The summed E-state index contributed by atoms with van der Waals surface area (Å²) >= 11 is 0. The van der Waals surface area contributed by atoms with Gasteiger partial charge in [-0.15, -0.1) is 0 Å². The number of benzene rings is 1. The zero-order chi connectivity index (χ0) is 13.9. The third-order valence-electron chi connectivity index (χ3n) is 2.70. The van der Waals surface area contributed by atoms with Crippen LogP contribution < -0.4 is 10.1 Å². The van der Waals surface area contributed by atoms with Crippen LogP contribution in [0.2, 0.25) is 0 Å². The van der Waals surface area contributed by atoms with Gasteiger partial charge in [0.2, 0.25) is 5.91 Å². The molecular formula is C14H20FNO2. The molecule has 0 saturated carbocycles. The van der Waals surface area contributed by atoms with Crippen molar-refractivity contribution in [3.05, 3.63) is 29.6 Å². The Bertz CT molecular complexity index is 438. The molecule has 0 aliphatic rings. The Morgan fingerprint density at radius 3 is 2.44 bits per heavy atom. The highest BCUT2D eigenvalue weighted by Gasteiger charge is 2.23. The van der Waals surface area contributed by atoms with E-state index in [1.807, 2.05) is 27.7 Å². The van der Waals surface area contributed by atoms with Crippen molar-refractivity contribution in [1.29, 1.82) is 0 Å². The Labute approximate surface area is 107 Å². The molecular weight excluding hydrogens is 233 g/mol. The SMILES string of the molecule is COc1ccc([C@H](C)NC(=O)C(C)(C)C)cc1F. The van der Waals surface area contributed by atoms with Gasteiger partial charge in [-0.3, -0.25) is 4.79 Å². The van der Waals surface area contributed by atoms with E-state index in [0.29, 0.717) is 5.56 Å². The van der Waals surface area contributed by atoms with Gasteiger partial charge in [-0.2, -0.15) is 0 Å². The zero-order valence-electron chi connectivity index (χ0n) is 11.5. The van der Waals surface area contributed by atoms with Crippen molar-refractivity contribution in [1.82, 2.24) is 5.32 Å². The van der Waals surface area contributed by atoms with Crippen LogP contribution in [0.1, 0.15) is 39.3 Å². The topological polar surface area (TPSA) is 38.3 Å². The van der Waals surface area contributed by atoms with Crippen molar-refractivity contribution in [3.63, 3.8) is 0 Å². The molecule has 4 heteroatoms. The van der Waals surface area contributed by atoms with Crippen molar-refractivity contribution in [2.45, 2.75) is 33.7 Å². The fourth-order valence-corrected chi connectivity index (χ4v) is 1.45. The fraction of sp³-hybridized carbons (Fsp3) is 0.500. The number of amides is 1. The molecule has 0 spiro atoms. The molecule has 3 nitrogen and oxygen atoms in total. The molecule has 1 atom stereocenters. The first-order valence-electron chi connectivity index (χ1n) is 5.90. The third kappa shape index (κ3) is 3.45. The molecule has 0 unspecified atom stereocenters. The minimum atomic E-state index is -0.459. The molecule has 0 heterocycles. The van der Waals surface area contributed by atoms with Gasteiger partial charge in [0.05, 0.1) is 13.2 Å². The van der Waals surface area contributed by atoms with Gasteiger partial charge in [0, 0.05) is 5.41 Å². The lowest BCUT2D eigenvalue weighted by atomic mass is 9.94. The van der Waals surface area contributed by atoms with E-state index in [0.717, 1.165) is 0 Å². The monoisotopic (exact) mass is 253 g/mol. The molecule has 100 valence electrons. The molecule has 0 aromatic heterocycles. The van der Waals surface area contributed by atoms with E-state index in [4.69, 9.17) is 4.74 Å². The molecule has 0 fully saturated rings. The highest BCUT2D eigenvalue weighted by molar-refractivity contribution is 5.81. The summed E-state index contributed by atoms with van der Waals surface area (Å²) in [4.78, 5) is 11.8. The number of ether oxygens (including phenoxy) is 1. The van der Waals surface area contributed by atoms with Gasteiger partial charge in [0.1, 0.15) is 0 Å². The highest BCUT2D eigenvalue weighted by atomic mass is 19.1. The van der Waals surface area contributed by atoms with Gasteiger partial charge in [-0.05, 0) is 24.6 Å². The minimum Gasteiger partial charge on any atom is -0.494 e.